The second kappa shape index (κ2) is 7.02. The average Bonchev–Trinajstić information content (AvgIpc) is 2.83. The smallest absolute Gasteiger partial charge is 0.263 e. The van der Waals surface area contributed by atoms with Gasteiger partial charge in [-0.2, -0.15) is 0 Å². The maximum Gasteiger partial charge on any atom is 0.264 e. The summed E-state index contributed by atoms with van der Waals surface area (Å²) in [5.74, 6) is 0.393. The first-order valence-electron chi connectivity index (χ1n) is 8.03. The molecule has 4 nitrogen and oxygen atoms in total. The molecule has 0 radical (unpaired) electrons. The van der Waals surface area contributed by atoms with E-state index < -0.39 is 10.0 Å². The zero-order valence-electron chi connectivity index (χ0n) is 14.1. The molecule has 0 fully saturated rings. The minimum atomic E-state index is -3.61. The lowest BCUT2D eigenvalue weighted by Gasteiger charge is -2.03. The predicted molar refractivity (Wildman–Crippen MR) is 103 cm³/mol. The van der Waals surface area contributed by atoms with Gasteiger partial charge in [-0.3, -0.25) is 9.71 Å². The summed E-state index contributed by atoms with van der Waals surface area (Å²) in [4.78, 5) is 4.72. The van der Waals surface area contributed by atoms with E-state index in [9.17, 15) is 8.42 Å². The third-order valence-corrected chi connectivity index (χ3v) is 5.95. The first-order chi connectivity index (χ1) is 11.9. The lowest BCUT2D eigenvalue weighted by Crippen LogP contribution is -2.23. The number of halogens is 1. The molecular formula is C19H19ClN2O2S. The van der Waals surface area contributed by atoms with E-state index in [0.717, 1.165) is 12.0 Å². The van der Waals surface area contributed by atoms with Gasteiger partial charge in [-0.25, -0.2) is 8.42 Å². The van der Waals surface area contributed by atoms with E-state index in [-0.39, 0.29) is 4.91 Å². The maximum atomic E-state index is 12.5. The van der Waals surface area contributed by atoms with Crippen LogP contribution in [0.2, 0.25) is 5.02 Å². The Bertz CT molecular complexity index is 944. The number of rotatable bonds is 4. The number of benzene rings is 2. The summed E-state index contributed by atoms with van der Waals surface area (Å²) in [6.45, 7) is 4.29. The Morgan fingerprint density at radius 1 is 1.00 bits per heavy atom. The number of amidine groups is 1. The Morgan fingerprint density at radius 2 is 1.60 bits per heavy atom. The van der Waals surface area contributed by atoms with Crippen molar-refractivity contribution in [2.75, 3.05) is 0 Å². The van der Waals surface area contributed by atoms with E-state index >= 15 is 0 Å². The summed E-state index contributed by atoms with van der Waals surface area (Å²) in [5.41, 5.74) is 3.52. The third-order valence-electron chi connectivity index (χ3n) is 4.15. The van der Waals surface area contributed by atoms with Crippen LogP contribution in [0, 0.1) is 0 Å². The van der Waals surface area contributed by atoms with Crippen LogP contribution in [0.15, 0.2) is 59.1 Å². The summed E-state index contributed by atoms with van der Waals surface area (Å²) < 4.78 is 27.5. The zero-order chi connectivity index (χ0) is 18.0. The van der Waals surface area contributed by atoms with Crippen LogP contribution in [0.3, 0.4) is 0 Å². The molecule has 25 heavy (non-hydrogen) atoms. The minimum absolute atomic E-state index is 0.254. The Hall–Kier alpha value is -2.11. The van der Waals surface area contributed by atoms with Crippen molar-refractivity contribution in [1.82, 2.24) is 4.72 Å². The van der Waals surface area contributed by atoms with Crippen molar-refractivity contribution >= 4 is 32.4 Å². The highest BCUT2D eigenvalue weighted by Crippen LogP contribution is 2.30. The number of sulfonamides is 1. The van der Waals surface area contributed by atoms with Crippen LogP contribution in [-0.2, 0) is 23.0 Å². The highest BCUT2D eigenvalue weighted by atomic mass is 35.5. The van der Waals surface area contributed by atoms with E-state index in [0.29, 0.717) is 28.5 Å². The Labute approximate surface area is 153 Å². The molecule has 1 aliphatic rings. The van der Waals surface area contributed by atoms with Crippen molar-refractivity contribution in [1.29, 1.82) is 0 Å². The number of aliphatic imine (C=N–C) groups is 1. The van der Waals surface area contributed by atoms with Gasteiger partial charge in [-0.05, 0) is 42.2 Å². The largest absolute Gasteiger partial charge is 0.264 e. The summed E-state index contributed by atoms with van der Waals surface area (Å²) in [6.07, 6.45) is 0.987. The van der Waals surface area contributed by atoms with Crippen molar-refractivity contribution < 1.29 is 8.42 Å². The molecular weight excluding hydrogens is 356 g/mol. The van der Waals surface area contributed by atoms with Crippen LogP contribution in [-0.4, -0.2) is 14.3 Å². The second-order valence-electron chi connectivity index (χ2n) is 5.90. The van der Waals surface area contributed by atoms with Gasteiger partial charge in [0, 0.05) is 10.6 Å². The predicted octanol–water partition coefficient (Wildman–Crippen LogP) is 4.17. The minimum Gasteiger partial charge on any atom is -0.263 e. The molecule has 1 heterocycles. The fraction of sp³-hybridized carbons (Fsp3) is 0.211. The number of nitrogens with zero attached hydrogens (tertiary/aromatic N) is 1. The van der Waals surface area contributed by atoms with Gasteiger partial charge >= 0.3 is 0 Å². The molecule has 0 saturated carbocycles. The van der Waals surface area contributed by atoms with Gasteiger partial charge in [0.25, 0.3) is 10.0 Å². The molecule has 0 unspecified atom stereocenters. The quantitative estimate of drug-likeness (QED) is 0.873. The molecule has 130 valence electrons. The van der Waals surface area contributed by atoms with E-state index in [4.69, 9.17) is 11.6 Å². The van der Waals surface area contributed by atoms with Gasteiger partial charge in [0.05, 0.1) is 6.54 Å². The Kier molecular flexibility index (Phi) is 4.97. The van der Waals surface area contributed by atoms with Crippen LogP contribution in [0.5, 0.6) is 0 Å². The summed E-state index contributed by atoms with van der Waals surface area (Å²) in [5, 5.41) is 0.565. The Balaban J connectivity index is 1.91. The summed E-state index contributed by atoms with van der Waals surface area (Å²) in [6, 6.07) is 14.9. The van der Waals surface area contributed by atoms with Crippen molar-refractivity contribution in [3.8, 4) is 0 Å². The molecule has 0 atom stereocenters. The van der Waals surface area contributed by atoms with Crippen LogP contribution in [0.25, 0.3) is 4.91 Å². The normalized spacial score (nSPS) is 17.8. The highest BCUT2D eigenvalue weighted by molar-refractivity contribution is 8.00. The van der Waals surface area contributed by atoms with Gasteiger partial charge < -0.3 is 0 Å². The van der Waals surface area contributed by atoms with Gasteiger partial charge in [-0.15, -0.1) is 0 Å². The molecule has 1 aliphatic heterocycles. The highest BCUT2D eigenvalue weighted by Gasteiger charge is 2.32. The molecule has 0 amide bonds. The van der Waals surface area contributed by atoms with Crippen LogP contribution in [0.1, 0.15) is 30.5 Å². The van der Waals surface area contributed by atoms with Crippen LogP contribution < -0.4 is 4.72 Å². The molecule has 0 aliphatic carbocycles. The van der Waals surface area contributed by atoms with Gasteiger partial charge in [0.15, 0.2) is 0 Å². The number of hydrogen-bond acceptors (Lipinski definition) is 3. The fourth-order valence-electron chi connectivity index (χ4n) is 2.74. The molecule has 2 aromatic carbocycles. The average molecular weight is 375 g/mol. The standard InChI is InChI=1S/C19H19ClN2O2S/c1-3-14-4-6-15(7-5-14)12-21-19-13(2)18(25(23,24)22-19)16-8-10-17(20)11-9-16/h4-11H,3,12H2,1-2H3,(H,21,22). The molecule has 0 bridgehead atoms. The van der Waals surface area contributed by atoms with Crippen molar-refractivity contribution in [3.63, 3.8) is 0 Å². The lowest BCUT2D eigenvalue weighted by atomic mass is 10.1. The molecule has 2 aromatic rings. The monoisotopic (exact) mass is 374 g/mol. The summed E-state index contributed by atoms with van der Waals surface area (Å²) in [7, 11) is -3.61. The van der Waals surface area contributed by atoms with Gasteiger partial charge in [-0.1, -0.05) is 54.9 Å². The van der Waals surface area contributed by atoms with E-state index in [1.165, 1.54) is 5.56 Å². The molecule has 0 aromatic heterocycles. The molecule has 3 rings (SSSR count). The first kappa shape index (κ1) is 17.7. The lowest BCUT2D eigenvalue weighted by molar-refractivity contribution is 0.603. The number of hydrogen-bond donors (Lipinski definition) is 1. The van der Waals surface area contributed by atoms with Crippen molar-refractivity contribution in [2.45, 2.75) is 26.8 Å². The van der Waals surface area contributed by atoms with E-state index in [1.807, 2.05) is 12.1 Å². The van der Waals surface area contributed by atoms with E-state index in [2.05, 4.69) is 28.8 Å². The van der Waals surface area contributed by atoms with E-state index in [1.54, 1.807) is 31.2 Å². The van der Waals surface area contributed by atoms with Crippen LogP contribution >= 0.6 is 11.6 Å². The Morgan fingerprint density at radius 3 is 2.20 bits per heavy atom. The van der Waals surface area contributed by atoms with Crippen molar-refractivity contribution in [2.24, 2.45) is 4.99 Å². The SMILES string of the molecule is CCc1ccc(CN=C2NS(=O)(=O)C(c3ccc(Cl)cc3)=C2C)cc1. The van der Waals surface area contributed by atoms with Crippen LogP contribution in [0.4, 0.5) is 0 Å². The fourth-order valence-corrected chi connectivity index (χ4v) is 4.38. The maximum absolute atomic E-state index is 12.5. The number of nitrogens with one attached hydrogen (secondary N) is 1. The molecule has 0 spiro atoms. The zero-order valence-corrected chi connectivity index (χ0v) is 15.7. The van der Waals surface area contributed by atoms with Gasteiger partial charge in [0.1, 0.15) is 10.7 Å². The van der Waals surface area contributed by atoms with Gasteiger partial charge in [0.2, 0.25) is 0 Å². The molecule has 0 saturated heterocycles. The topological polar surface area (TPSA) is 58.5 Å². The molecule has 1 N–H and O–H groups in total. The third kappa shape index (κ3) is 3.78. The first-order valence-corrected chi connectivity index (χ1v) is 9.89. The second-order valence-corrected chi connectivity index (χ2v) is 7.96. The van der Waals surface area contributed by atoms with Crippen molar-refractivity contribution in [3.05, 3.63) is 75.8 Å². The molecule has 6 heteroatoms. The number of aryl methyl sites for hydroxylation is 1. The summed E-state index contributed by atoms with van der Waals surface area (Å²) >= 11 is 5.89.